The Morgan fingerprint density at radius 1 is 1.18 bits per heavy atom. The Balaban J connectivity index is 2.20. The Morgan fingerprint density at radius 2 is 1.82 bits per heavy atom. The van der Waals surface area contributed by atoms with Gasteiger partial charge in [-0.05, 0) is 70.6 Å². The molecule has 2 rings (SSSR count). The largest absolute Gasteiger partial charge is 0.312 e. The first kappa shape index (κ1) is 17.5. The van der Waals surface area contributed by atoms with Crippen LogP contribution in [0.25, 0.3) is 0 Å². The van der Waals surface area contributed by atoms with Crippen molar-refractivity contribution in [1.82, 2.24) is 10.2 Å². The summed E-state index contributed by atoms with van der Waals surface area (Å²) in [6.45, 7) is 5.78. The van der Waals surface area contributed by atoms with Gasteiger partial charge in [0.05, 0.1) is 0 Å². The van der Waals surface area contributed by atoms with Gasteiger partial charge >= 0.3 is 0 Å². The van der Waals surface area contributed by atoms with Crippen LogP contribution in [0.2, 0.25) is 0 Å². The zero-order valence-electron chi connectivity index (χ0n) is 14.9. The second-order valence-electron chi connectivity index (χ2n) is 7.38. The van der Waals surface area contributed by atoms with Gasteiger partial charge in [-0.1, -0.05) is 44.2 Å². The van der Waals surface area contributed by atoms with Gasteiger partial charge < -0.3 is 10.2 Å². The predicted molar refractivity (Wildman–Crippen MR) is 96.3 cm³/mol. The van der Waals surface area contributed by atoms with Crippen LogP contribution < -0.4 is 5.32 Å². The van der Waals surface area contributed by atoms with E-state index in [-0.39, 0.29) is 0 Å². The monoisotopic (exact) mass is 302 g/mol. The number of hydrogen-bond donors (Lipinski definition) is 1. The van der Waals surface area contributed by atoms with E-state index in [9.17, 15) is 0 Å². The highest BCUT2D eigenvalue weighted by atomic mass is 15.2. The van der Waals surface area contributed by atoms with E-state index in [4.69, 9.17) is 0 Å². The van der Waals surface area contributed by atoms with E-state index in [1.165, 1.54) is 37.7 Å². The molecule has 0 saturated heterocycles. The van der Waals surface area contributed by atoms with Crippen molar-refractivity contribution in [2.75, 3.05) is 20.6 Å². The SMILES string of the molecule is CCCNC(Cc1ccccc1)C1(N(C)C)CCC(C)CC1. The number of rotatable bonds is 7. The van der Waals surface area contributed by atoms with Crippen molar-refractivity contribution < 1.29 is 0 Å². The fourth-order valence-corrected chi connectivity index (χ4v) is 3.99. The van der Waals surface area contributed by atoms with Crippen LogP contribution in [-0.2, 0) is 6.42 Å². The third kappa shape index (κ3) is 4.11. The number of nitrogens with one attached hydrogen (secondary N) is 1. The van der Waals surface area contributed by atoms with Gasteiger partial charge in [-0.2, -0.15) is 0 Å². The van der Waals surface area contributed by atoms with E-state index in [2.05, 4.69) is 68.5 Å². The van der Waals surface area contributed by atoms with Crippen molar-refractivity contribution in [1.29, 1.82) is 0 Å². The summed E-state index contributed by atoms with van der Waals surface area (Å²) in [7, 11) is 4.56. The van der Waals surface area contributed by atoms with Gasteiger partial charge in [-0.3, -0.25) is 0 Å². The molecule has 0 radical (unpaired) electrons. The summed E-state index contributed by atoms with van der Waals surface area (Å²) in [6.07, 6.45) is 7.68. The fraction of sp³-hybridized carbons (Fsp3) is 0.700. The molecular formula is C20H34N2. The molecule has 2 heteroatoms. The second-order valence-corrected chi connectivity index (χ2v) is 7.38. The van der Waals surface area contributed by atoms with E-state index in [0.717, 1.165) is 18.9 Å². The number of hydrogen-bond acceptors (Lipinski definition) is 2. The molecule has 124 valence electrons. The molecular weight excluding hydrogens is 268 g/mol. The molecule has 0 amide bonds. The zero-order chi connectivity index (χ0) is 16.0. The molecule has 0 heterocycles. The van der Waals surface area contributed by atoms with Gasteiger partial charge in [-0.15, -0.1) is 0 Å². The smallest absolute Gasteiger partial charge is 0.0359 e. The van der Waals surface area contributed by atoms with Crippen molar-refractivity contribution in [3.8, 4) is 0 Å². The lowest BCUT2D eigenvalue weighted by molar-refractivity contribution is 0.0435. The van der Waals surface area contributed by atoms with Gasteiger partial charge in [0.25, 0.3) is 0 Å². The summed E-state index contributed by atoms with van der Waals surface area (Å²) < 4.78 is 0. The van der Waals surface area contributed by atoms with Crippen LogP contribution >= 0.6 is 0 Å². The Labute approximate surface area is 137 Å². The standard InChI is InChI=1S/C20H34N2/c1-5-15-21-19(16-18-9-7-6-8-10-18)20(22(3)4)13-11-17(2)12-14-20/h6-10,17,19,21H,5,11-16H2,1-4H3. The summed E-state index contributed by atoms with van der Waals surface area (Å²) in [4.78, 5) is 2.51. The summed E-state index contributed by atoms with van der Waals surface area (Å²) in [6, 6.07) is 11.5. The Hall–Kier alpha value is -0.860. The van der Waals surface area contributed by atoms with E-state index in [0.29, 0.717) is 11.6 Å². The van der Waals surface area contributed by atoms with Crippen LogP contribution in [-0.4, -0.2) is 37.1 Å². The van der Waals surface area contributed by atoms with Gasteiger partial charge in [0.2, 0.25) is 0 Å². The number of benzene rings is 1. The second kappa shape index (κ2) is 8.12. The van der Waals surface area contributed by atoms with Crippen LogP contribution in [0.3, 0.4) is 0 Å². The lowest BCUT2D eigenvalue weighted by atomic mass is 9.70. The normalized spacial score (nSPS) is 27.0. The highest BCUT2D eigenvalue weighted by molar-refractivity contribution is 5.18. The lowest BCUT2D eigenvalue weighted by Crippen LogP contribution is -2.61. The number of likely N-dealkylation sites (N-methyl/N-ethyl adjacent to an activating group) is 1. The van der Waals surface area contributed by atoms with Crippen molar-refractivity contribution in [2.45, 2.75) is 64.0 Å². The highest BCUT2D eigenvalue weighted by Gasteiger charge is 2.42. The first-order chi connectivity index (χ1) is 10.6. The Bertz CT molecular complexity index is 419. The number of nitrogens with zero attached hydrogens (tertiary/aromatic N) is 1. The minimum atomic E-state index is 0.303. The van der Waals surface area contributed by atoms with Crippen molar-refractivity contribution in [2.24, 2.45) is 5.92 Å². The van der Waals surface area contributed by atoms with Crippen LogP contribution in [0.15, 0.2) is 30.3 Å². The molecule has 0 aromatic heterocycles. The minimum Gasteiger partial charge on any atom is -0.312 e. The van der Waals surface area contributed by atoms with Crippen molar-refractivity contribution in [3.05, 3.63) is 35.9 Å². The topological polar surface area (TPSA) is 15.3 Å². The molecule has 0 bridgehead atoms. The van der Waals surface area contributed by atoms with Gasteiger partial charge in [0.1, 0.15) is 0 Å². The Morgan fingerprint density at radius 3 is 2.36 bits per heavy atom. The third-order valence-corrected chi connectivity index (χ3v) is 5.60. The molecule has 1 aromatic carbocycles. The van der Waals surface area contributed by atoms with Gasteiger partial charge in [0, 0.05) is 11.6 Å². The Kier molecular flexibility index (Phi) is 6.46. The van der Waals surface area contributed by atoms with Crippen LogP contribution in [0.1, 0.15) is 51.5 Å². The maximum Gasteiger partial charge on any atom is 0.0359 e. The molecule has 1 aliphatic carbocycles. The van der Waals surface area contributed by atoms with E-state index in [1.807, 2.05) is 0 Å². The molecule has 1 atom stereocenters. The van der Waals surface area contributed by atoms with Crippen molar-refractivity contribution in [3.63, 3.8) is 0 Å². The summed E-state index contributed by atoms with van der Waals surface area (Å²) >= 11 is 0. The summed E-state index contributed by atoms with van der Waals surface area (Å²) in [5.41, 5.74) is 1.76. The van der Waals surface area contributed by atoms with E-state index >= 15 is 0 Å². The van der Waals surface area contributed by atoms with Gasteiger partial charge in [0.15, 0.2) is 0 Å². The molecule has 1 aliphatic rings. The van der Waals surface area contributed by atoms with Gasteiger partial charge in [-0.25, -0.2) is 0 Å². The lowest BCUT2D eigenvalue weighted by Gasteiger charge is -2.50. The van der Waals surface area contributed by atoms with E-state index < -0.39 is 0 Å². The fourth-order valence-electron chi connectivity index (χ4n) is 3.99. The average molecular weight is 303 g/mol. The average Bonchev–Trinajstić information content (AvgIpc) is 2.53. The predicted octanol–water partition coefficient (Wildman–Crippen LogP) is 4.11. The maximum atomic E-state index is 3.88. The summed E-state index contributed by atoms with van der Waals surface area (Å²) in [5.74, 6) is 0.886. The molecule has 2 nitrogen and oxygen atoms in total. The molecule has 1 fully saturated rings. The molecule has 1 N–H and O–H groups in total. The van der Waals surface area contributed by atoms with Crippen molar-refractivity contribution >= 4 is 0 Å². The minimum absolute atomic E-state index is 0.303. The van der Waals surface area contributed by atoms with Crippen LogP contribution in [0.4, 0.5) is 0 Å². The molecule has 1 unspecified atom stereocenters. The molecule has 1 aromatic rings. The molecule has 0 aliphatic heterocycles. The molecule has 22 heavy (non-hydrogen) atoms. The zero-order valence-corrected chi connectivity index (χ0v) is 14.9. The quantitative estimate of drug-likeness (QED) is 0.815. The first-order valence-corrected chi connectivity index (χ1v) is 9.03. The summed E-state index contributed by atoms with van der Waals surface area (Å²) in [5, 5.41) is 3.88. The van der Waals surface area contributed by atoms with Crippen LogP contribution in [0, 0.1) is 5.92 Å². The highest BCUT2D eigenvalue weighted by Crippen LogP contribution is 2.38. The third-order valence-electron chi connectivity index (χ3n) is 5.60. The molecule has 1 saturated carbocycles. The first-order valence-electron chi connectivity index (χ1n) is 9.03. The van der Waals surface area contributed by atoms with Crippen LogP contribution in [0.5, 0.6) is 0 Å². The van der Waals surface area contributed by atoms with E-state index in [1.54, 1.807) is 0 Å². The maximum absolute atomic E-state index is 3.88. The molecule has 0 spiro atoms.